The third-order valence-electron chi connectivity index (χ3n) is 6.25. The quantitative estimate of drug-likeness (QED) is 0.835. The number of anilines is 1. The molecule has 1 amide bonds. The molecule has 3 aliphatic rings. The molecule has 2 aromatic heterocycles. The van der Waals surface area contributed by atoms with Crippen LogP contribution in [0.5, 0.6) is 0 Å². The predicted octanol–water partition coefficient (Wildman–Crippen LogP) is 3.14. The highest BCUT2D eigenvalue weighted by Crippen LogP contribution is 2.37. The minimum atomic E-state index is 0.0420. The normalized spacial score (nSPS) is 23.0. The molecule has 4 heterocycles. The van der Waals surface area contributed by atoms with Gasteiger partial charge in [-0.05, 0) is 37.8 Å². The maximum Gasteiger partial charge on any atom is 0.227 e. The summed E-state index contributed by atoms with van der Waals surface area (Å²) in [5.74, 6) is 3.68. The molecule has 1 saturated carbocycles. The Labute approximate surface area is 159 Å². The number of nitrogens with zero attached hydrogens (tertiary/aromatic N) is 4. The van der Waals surface area contributed by atoms with Crippen LogP contribution in [0.4, 0.5) is 5.82 Å². The molecule has 5 rings (SSSR count). The van der Waals surface area contributed by atoms with Crippen LogP contribution >= 0.6 is 0 Å². The van der Waals surface area contributed by atoms with Gasteiger partial charge in [0.15, 0.2) is 5.89 Å². The molecule has 1 unspecified atom stereocenters. The van der Waals surface area contributed by atoms with Gasteiger partial charge in [-0.1, -0.05) is 12.5 Å². The van der Waals surface area contributed by atoms with Gasteiger partial charge < -0.3 is 14.2 Å². The van der Waals surface area contributed by atoms with E-state index in [0.29, 0.717) is 12.5 Å². The molecule has 6 nitrogen and oxygen atoms in total. The van der Waals surface area contributed by atoms with Gasteiger partial charge in [0.25, 0.3) is 0 Å². The minimum absolute atomic E-state index is 0.0420. The van der Waals surface area contributed by atoms with E-state index < -0.39 is 0 Å². The summed E-state index contributed by atoms with van der Waals surface area (Å²) in [4.78, 5) is 26.6. The number of aromatic nitrogens is 2. The number of pyridine rings is 1. The fraction of sp³-hybridized carbons (Fsp3) is 0.571. The Morgan fingerprint density at radius 1 is 1.15 bits per heavy atom. The summed E-state index contributed by atoms with van der Waals surface area (Å²) in [5, 5.41) is 0. The van der Waals surface area contributed by atoms with Gasteiger partial charge in [-0.3, -0.25) is 4.79 Å². The van der Waals surface area contributed by atoms with Crippen molar-refractivity contribution in [1.82, 2.24) is 14.9 Å². The SMILES string of the molecule is O=C(C1CCCN(c2ccccn2)C1)N1CCc2oc(C3CCC3)nc2C1. The number of piperidine rings is 1. The van der Waals surface area contributed by atoms with Crippen molar-refractivity contribution in [3.8, 4) is 0 Å². The van der Waals surface area contributed by atoms with Crippen LogP contribution in [0.15, 0.2) is 28.8 Å². The maximum atomic E-state index is 13.2. The molecule has 2 aliphatic heterocycles. The second-order valence-corrected chi connectivity index (χ2v) is 8.03. The summed E-state index contributed by atoms with van der Waals surface area (Å²) in [6, 6.07) is 5.96. The number of amides is 1. The van der Waals surface area contributed by atoms with Gasteiger partial charge in [0.1, 0.15) is 17.3 Å². The third-order valence-corrected chi connectivity index (χ3v) is 6.25. The Balaban J connectivity index is 1.26. The topological polar surface area (TPSA) is 62.5 Å². The van der Waals surface area contributed by atoms with Crippen molar-refractivity contribution in [2.75, 3.05) is 24.5 Å². The summed E-state index contributed by atoms with van der Waals surface area (Å²) in [5.41, 5.74) is 0.980. The monoisotopic (exact) mass is 366 g/mol. The molecule has 2 aromatic rings. The standard InChI is InChI=1S/C21H26N4O2/c26-21(16-7-4-11-24(13-16)19-8-1-2-10-22-19)25-12-9-18-17(14-25)23-20(27-18)15-5-3-6-15/h1-2,8,10,15-16H,3-7,9,11-14H2. The van der Waals surface area contributed by atoms with Gasteiger partial charge in [0.05, 0.1) is 12.5 Å². The second kappa shape index (κ2) is 6.98. The van der Waals surface area contributed by atoms with Gasteiger partial charge in [-0.15, -0.1) is 0 Å². The van der Waals surface area contributed by atoms with E-state index in [1.165, 1.54) is 19.3 Å². The first-order valence-electron chi connectivity index (χ1n) is 10.2. The van der Waals surface area contributed by atoms with Crippen molar-refractivity contribution in [1.29, 1.82) is 0 Å². The lowest BCUT2D eigenvalue weighted by atomic mass is 9.85. The molecular formula is C21H26N4O2. The summed E-state index contributed by atoms with van der Waals surface area (Å²) >= 11 is 0. The largest absolute Gasteiger partial charge is 0.445 e. The number of carbonyl (C=O) groups excluding carboxylic acids is 1. The molecule has 1 atom stereocenters. The summed E-state index contributed by atoms with van der Waals surface area (Å²) in [6.07, 6.45) is 8.24. The van der Waals surface area contributed by atoms with E-state index in [1.54, 1.807) is 0 Å². The molecule has 0 N–H and O–H groups in total. The minimum Gasteiger partial charge on any atom is -0.445 e. The van der Waals surface area contributed by atoms with E-state index in [0.717, 1.165) is 62.1 Å². The highest BCUT2D eigenvalue weighted by Gasteiger charge is 2.34. The average Bonchev–Trinajstić information content (AvgIpc) is 3.09. The van der Waals surface area contributed by atoms with Crippen LogP contribution in [-0.2, 0) is 17.8 Å². The zero-order valence-corrected chi connectivity index (χ0v) is 15.6. The summed E-state index contributed by atoms with van der Waals surface area (Å²) < 4.78 is 5.99. The van der Waals surface area contributed by atoms with Gasteiger partial charge >= 0.3 is 0 Å². The Morgan fingerprint density at radius 2 is 2.07 bits per heavy atom. The summed E-state index contributed by atoms with van der Waals surface area (Å²) in [7, 11) is 0. The molecule has 0 radical (unpaired) electrons. The van der Waals surface area contributed by atoms with Gasteiger partial charge in [0.2, 0.25) is 5.91 Å². The average molecular weight is 366 g/mol. The van der Waals surface area contributed by atoms with Crippen LogP contribution in [-0.4, -0.2) is 40.4 Å². The van der Waals surface area contributed by atoms with Crippen LogP contribution in [0.3, 0.4) is 0 Å². The summed E-state index contributed by atoms with van der Waals surface area (Å²) in [6.45, 7) is 3.07. The van der Waals surface area contributed by atoms with Crippen molar-refractivity contribution in [2.24, 2.45) is 5.92 Å². The molecule has 1 saturated heterocycles. The van der Waals surface area contributed by atoms with E-state index >= 15 is 0 Å². The van der Waals surface area contributed by atoms with Crippen molar-refractivity contribution >= 4 is 11.7 Å². The first-order valence-corrected chi connectivity index (χ1v) is 10.2. The fourth-order valence-corrected chi connectivity index (χ4v) is 4.42. The Morgan fingerprint density at radius 3 is 2.85 bits per heavy atom. The van der Waals surface area contributed by atoms with E-state index in [4.69, 9.17) is 9.40 Å². The fourth-order valence-electron chi connectivity index (χ4n) is 4.42. The van der Waals surface area contributed by atoms with Crippen molar-refractivity contribution in [3.63, 3.8) is 0 Å². The van der Waals surface area contributed by atoms with Crippen molar-refractivity contribution < 1.29 is 9.21 Å². The molecule has 1 aliphatic carbocycles. The number of rotatable bonds is 3. The van der Waals surface area contributed by atoms with E-state index in [2.05, 4.69) is 9.88 Å². The number of oxazole rings is 1. The highest BCUT2D eigenvalue weighted by molar-refractivity contribution is 5.80. The molecule has 0 spiro atoms. The number of carbonyl (C=O) groups is 1. The van der Waals surface area contributed by atoms with Crippen molar-refractivity contribution in [2.45, 2.75) is 51.0 Å². The number of hydrogen-bond donors (Lipinski definition) is 0. The van der Waals surface area contributed by atoms with E-state index in [9.17, 15) is 4.79 Å². The lowest BCUT2D eigenvalue weighted by Crippen LogP contribution is -2.46. The van der Waals surface area contributed by atoms with Gasteiger partial charge in [-0.2, -0.15) is 0 Å². The van der Waals surface area contributed by atoms with E-state index in [-0.39, 0.29) is 11.8 Å². The van der Waals surface area contributed by atoms with E-state index in [1.807, 2.05) is 29.3 Å². The molecule has 6 heteroatoms. The molecule has 0 bridgehead atoms. The molecule has 142 valence electrons. The zero-order chi connectivity index (χ0) is 18.2. The van der Waals surface area contributed by atoms with Gasteiger partial charge in [0, 0.05) is 38.2 Å². The highest BCUT2D eigenvalue weighted by atomic mass is 16.4. The first kappa shape index (κ1) is 16.8. The smallest absolute Gasteiger partial charge is 0.227 e. The molecule has 27 heavy (non-hydrogen) atoms. The second-order valence-electron chi connectivity index (χ2n) is 8.03. The maximum absolute atomic E-state index is 13.2. The van der Waals surface area contributed by atoms with Crippen LogP contribution in [0, 0.1) is 5.92 Å². The Bertz CT molecular complexity index is 815. The van der Waals surface area contributed by atoms with Gasteiger partial charge in [-0.25, -0.2) is 9.97 Å². The first-order chi connectivity index (χ1) is 13.3. The third kappa shape index (κ3) is 3.22. The van der Waals surface area contributed by atoms with Crippen LogP contribution in [0.2, 0.25) is 0 Å². The Hall–Kier alpha value is -2.37. The zero-order valence-electron chi connectivity index (χ0n) is 15.6. The van der Waals surface area contributed by atoms with Crippen molar-refractivity contribution in [3.05, 3.63) is 41.7 Å². The molecule has 2 fully saturated rings. The lowest BCUT2D eigenvalue weighted by Gasteiger charge is -2.36. The van der Waals surface area contributed by atoms with Crippen LogP contribution in [0.1, 0.15) is 55.4 Å². The number of fused-ring (bicyclic) bond motifs is 1. The predicted molar refractivity (Wildman–Crippen MR) is 101 cm³/mol. The lowest BCUT2D eigenvalue weighted by molar-refractivity contribution is -0.136. The number of hydrogen-bond acceptors (Lipinski definition) is 5. The Kier molecular flexibility index (Phi) is 4.34. The molecular weight excluding hydrogens is 340 g/mol. The van der Waals surface area contributed by atoms with Crippen LogP contribution < -0.4 is 4.90 Å². The molecule has 0 aromatic carbocycles. The van der Waals surface area contributed by atoms with Crippen LogP contribution in [0.25, 0.3) is 0 Å².